The van der Waals surface area contributed by atoms with Crippen molar-refractivity contribution in [2.75, 3.05) is 5.73 Å². The number of thiophene rings is 1. The first-order valence-electron chi connectivity index (χ1n) is 7.04. The molecule has 3 rings (SSSR count). The van der Waals surface area contributed by atoms with E-state index >= 15 is 0 Å². The summed E-state index contributed by atoms with van der Waals surface area (Å²) in [5.41, 5.74) is 13.8. The fourth-order valence-electron chi connectivity index (χ4n) is 2.44. The third kappa shape index (κ3) is 2.87. The highest BCUT2D eigenvalue weighted by atomic mass is 32.1. The number of anilines is 1. The zero-order valence-corrected chi connectivity index (χ0v) is 13.1. The van der Waals surface area contributed by atoms with E-state index in [1.165, 1.54) is 17.5 Å². The number of nitrogen functional groups attached to an aromatic ring is 1. The molecule has 2 heterocycles. The molecule has 5 nitrogen and oxygen atoms in total. The lowest BCUT2D eigenvalue weighted by Crippen LogP contribution is -2.11. The number of primary amides is 1. The van der Waals surface area contributed by atoms with Crippen molar-refractivity contribution in [2.45, 2.75) is 12.8 Å². The van der Waals surface area contributed by atoms with Crippen LogP contribution in [0.15, 0.2) is 36.5 Å². The monoisotopic (exact) mass is 322 g/mol. The molecule has 2 aromatic heterocycles. The number of nitrogens with zero attached hydrogens (tertiary/aromatic N) is 2. The summed E-state index contributed by atoms with van der Waals surface area (Å²) >= 11 is 1.47. The molecular weight excluding hydrogens is 308 g/mol. The molecule has 114 valence electrons. The molecule has 1 aromatic carbocycles. The smallest absolute Gasteiger partial charge is 0.251 e. The Morgan fingerprint density at radius 1 is 1.35 bits per heavy atom. The molecule has 0 radical (unpaired) electrons. The van der Waals surface area contributed by atoms with Crippen LogP contribution < -0.4 is 11.5 Å². The SMILES string of the molecule is N#CCCc1cccc(-c2cc3c(N)ncc(C(N)=O)c3s2)c1. The largest absolute Gasteiger partial charge is 0.383 e. The maximum atomic E-state index is 11.6. The average molecular weight is 322 g/mol. The van der Waals surface area contributed by atoms with Crippen molar-refractivity contribution < 1.29 is 4.79 Å². The lowest BCUT2D eigenvalue weighted by molar-refractivity contribution is 0.100. The van der Waals surface area contributed by atoms with Gasteiger partial charge in [0.15, 0.2) is 0 Å². The van der Waals surface area contributed by atoms with Gasteiger partial charge in [0.05, 0.1) is 16.3 Å². The quantitative estimate of drug-likeness (QED) is 0.769. The van der Waals surface area contributed by atoms with E-state index in [0.29, 0.717) is 24.2 Å². The molecule has 0 saturated heterocycles. The van der Waals surface area contributed by atoms with Crippen LogP contribution in [0.5, 0.6) is 0 Å². The lowest BCUT2D eigenvalue weighted by Gasteiger charge is -2.01. The topological polar surface area (TPSA) is 106 Å². The number of hydrogen-bond acceptors (Lipinski definition) is 5. The van der Waals surface area contributed by atoms with E-state index in [0.717, 1.165) is 26.1 Å². The zero-order valence-electron chi connectivity index (χ0n) is 12.2. The van der Waals surface area contributed by atoms with Crippen LogP contribution in [0.25, 0.3) is 20.5 Å². The number of aryl methyl sites for hydroxylation is 1. The Morgan fingerprint density at radius 3 is 2.91 bits per heavy atom. The molecule has 0 spiro atoms. The predicted octanol–water partition coefficient (Wildman–Crippen LogP) is 3.10. The minimum absolute atomic E-state index is 0.381. The summed E-state index contributed by atoms with van der Waals surface area (Å²) < 4.78 is 0.752. The van der Waals surface area contributed by atoms with Crippen molar-refractivity contribution in [3.8, 4) is 16.5 Å². The Bertz CT molecular complexity index is 939. The van der Waals surface area contributed by atoms with E-state index in [1.54, 1.807) is 0 Å². The van der Waals surface area contributed by atoms with Crippen molar-refractivity contribution in [1.82, 2.24) is 4.98 Å². The second kappa shape index (κ2) is 6.07. The summed E-state index contributed by atoms with van der Waals surface area (Å²) in [6.45, 7) is 0. The number of hydrogen-bond donors (Lipinski definition) is 2. The van der Waals surface area contributed by atoms with Crippen LogP contribution in [0.3, 0.4) is 0 Å². The lowest BCUT2D eigenvalue weighted by atomic mass is 10.1. The van der Waals surface area contributed by atoms with Gasteiger partial charge in [-0.25, -0.2) is 4.98 Å². The zero-order chi connectivity index (χ0) is 16.4. The summed E-state index contributed by atoms with van der Waals surface area (Å²) in [4.78, 5) is 16.6. The number of fused-ring (bicyclic) bond motifs is 1. The van der Waals surface area contributed by atoms with Crippen molar-refractivity contribution >= 4 is 33.1 Å². The van der Waals surface area contributed by atoms with E-state index in [-0.39, 0.29) is 0 Å². The van der Waals surface area contributed by atoms with Gasteiger partial charge in [-0.3, -0.25) is 4.79 Å². The molecule has 0 bridgehead atoms. The van der Waals surface area contributed by atoms with E-state index < -0.39 is 5.91 Å². The summed E-state index contributed by atoms with van der Waals surface area (Å²) in [6, 6.07) is 12.1. The van der Waals surface area contributed by atoms with Gasteiger partial charge in [0.1, 0.15) is 5.82 Å². The summed E-state index contributed by atoms with van der Waals surface area (Å²) in [5.74, 6) is -0.133. The van der Waals surface area contributed by atoms with Gasteiger partial charge in [-0.1, -0.05) is 24.3 Å². The van der Waals surface area contributed by atoms with Gasteiger partial charge in [-0.2, -0.15) is 5.26 Å². The number of amides is 1. The average Bonchev–Trinajstić information content (AvgIpc) is 2.99. The fourth-order valence-corrected chi connectivity index (χ4v) is 3.62. The number of carbonyl (C=O) groups excluding carboxylic acids is 1. The summed E-state index contributed by atoms with van der Waals surface area (Å²) in [5, 5.41) is 9.45. The van der Waals surface area contributed by atoms with Gasteiger partial charge in [-0.05, 0) is 23.6 Å². The Balaban J connectivity index is 2.11. The van der Waals surface area contributed by atoms with Crippen LogP contribution in [0.1, 0.15) is 22.3 Å². The molecule has 4 N–H and O–H groups in total. The first kappa shape index (κ1) is 15.0. The summed E-state index contributed by atoms with van der Waals surface area (Å²) in [6.07, 6.45) is 2.62. The van der Waals surface area contributed by atoms with Gasteiger partial charge in [0.25, 0.3) is 5.91 Å². The Kier molecular flexibility index (Phi) is 3.96. The van der Waals surface area contributed by atoms with E-state index in [1.807, 2.05) is 24.3 Å². The van der Waals surface area contributed by atoms with Gasteiger partial charge in [0.2, 0.25) is 0 Å². The Labute approximate surface area is 137 Å². The van der Waals surface area contributed by atoms with Crippen molar-refractivity contribution in [2.24, 2.45) is 5.73 Å². The highest BCUT2D eigenvalue weighted by Crippen LogP contribution is 2.37. The standard InChI is InChI=1S/C17H14N4OS/c18-6-2-4-10-3-1-5-11(7-10)14-8-12-15(23-14)13(17(20)22)9-21-16(12)19/h1,3,5,7-9H,2,4H2,(H2,19,21)(H2,20,22). The molecule has 3 aromatic rings. The van der Waals surface area contributed by atoms with Crippen molar-refractivity contribution in [3.63, 3.8) is 0 Å². The number of nitriles is 1. The van der Waals surface area contributed by atoms with Crippen molar-refractivity contribution in [1.29, 1.82) is 5.26 Å². The number of benzene rings is 1. The maximum Gasteiger partial charge on any atom is 0.251 e. The van der Waals surface area contributed by atoms with Crippen LogP contribution in [-0.4, -0.2) is 10.9 Å². The molecule has 0 atom stereocenters. The minimum atomic E-state index is -0.515. The van der Waals surface area contributed by atoms with Gasteiger partial charge in [0, 0.05) is 22.9 Å². The highest BCUT2D eigenvalue weighted by Gasteiger charge is 2.14. The minimum Gasteiger partial charge on any atom is -0.383 e. The number of rotatable bonds is 4. The van der Waals surface area contributed by atoms with Gasteiger partial charge < -0.3 is 11.5 Å². The van der Waals surface area contributed by atoms with Crippen LogP contribution >= 0.6 is 11.3 Å². The molecule has 0 fully saturated rings. The van der Waals surface area contributed by atoms with Crippen LogP contribution in [0.2, 0.25) is 0 Å². The number of nitrogens with two attached hydrogens (primary N) is 2. The van der Waals surface area contributed by atoms with Crippen molar-refractivity contribution in [3.05, 3.63) is 47.7 Å². The molecule has 0 aliphatic carbocycles. The fraction of sp³-hybridized carbons (Fsp3) is 0.118. The normalized spacial score (nSPS) is 10.6. The first-order chi connectivity index (χ1) is 11.1. The van der Waals surface area contributed by atoms with Crippen LogP contribution in [0.4, 0.5) is 5.82 Å². The number of pyridine rings is 1. The molecule has 0 unspecified atom stereocenters. The molecule has 23 heavy (non-hydrogen) atoms. The van der Waals surface area contributed by atoms with E-state index in [4.69, 9.17) is 16.7 Å². The van der Waals surface area contributed by atoms with E-state index in [2.05, 4.69) is 17.1 Å². The molecular formula is C17H14N4OS. The second-order valence-electron chi connectivity index (χ2n) is 5.13. The maximum absolute atomic E-state index is 11.6. The molecule has 6 heteroatoms. The number of carbonyl (C=O) groups is 1. The van der Waals surface area contributed by atoms with Crippen LogP contribution in [0, 0.1) is 11.3 Å². The second-order valence-corrected chi connectivity index (χ2v) is 6.19. The molecule has 0 aliphatic heterocycles. The third-order valence-electron chi connectivity index (χ3n) is 3.59. The summed E-state index contributed by atoms with van der Waals surface area (Å²) in [7, 11) is 0. The van der Waals surface area contributed by atoms with Gasteiger partial charge in [-0.15, -0.1) is 11.3 Å². The molecule has 0 aliphatic rings. The Hall–Kier alpha value is -2.91. The highest BCUT2D eigenvalue weighted by molar-refractivity contribution is 7.22. The third-order valence-corrected chi connectivity index (χ3v) is 4.81. The Morgan fingerprint density at radius 2 is 2.17 bits per heavy atom. The number of aromatic nitrogens is 1. The predicted molar refractivity (Wildman–Crippen MR) is 91.9 cm³/mol. The van der Waals surface area contributed by atoms with Crippen LogP contribution in [-0.2, 0) is 6.42 Å². The van der Waals surface area contributed by atoms with Gasteiger partial charge >= 0.3 is 0 Å². The first-order valence-corrected chi connectivity index (χ1v) is 7.86. The molecule has 0 saturated carbocycles. The molecule has 1 amide bonds. The van der Waals surface area contributed by atoms with E-state index in [9.17, 15) is 4.79 Å².